The lowest BCUT2D eigenvalue weighted by Gasteiger charge is -2.56. The molecule has 0 bridgehead atoms. The van der Waals surface area contributed by atoms with Gasteiger partial charge in [-0.25, -0.2) is 0 Å². The molecule has 0 radical (unpaired) electrons. The van der Waals surface area contributed by atoms with Crippen LogP contribution in [0.15, 0.2) is 0 Å². The molecule has 2 aliphatic heterocycles. The molecule has 0 aromatic rings. The van der Waals surface area contributed by atoms with E-state index in [2.05, 4.69) is 0 Å². The van der Waals surface area contributed by atoms with Crippen LogP contribution in [0.4, 0.5) is 0 Å². The maximum Gasteiger partial charge on any atom is 0.220 e. The van der Waals surface area contributed by atoms with Crippen LogP contribution in [-0.4, -0.2) is 80.4 Å². The van der Waals surface area contributed by atoms with Gasteiger partial charge >= 0.3 is 0 Å². The summed E-state index contributed by atoms with van der Waals surface area (Å²) in [5.41, 5.74) is 0. The van der Waals surface area contributed by atoms with E-state index in [9.17, 15) is 10.2 Å². The van der Waals surface area contributed by atoms with Gasteiger partial charge in [0.2, 0.25) is 11.6 Å². The first-order valence-corrected chi connectivity index (χ1v) is 6.79. The van der Waals surface area contributed by atoms with Gasteiger partial charge in [-0.05, 0) is 13.8 Å². The monoisotopic (exact) mass is 308 g/mol. The number of ether oxygens (including phenoxy) is 6. The summed E-state index contributed by atoms with van der Waals surface area (Å²) in [7, 11) is 4.33. The summed E-state index contributed by atoms with van der Waals surface area (Å²) in [5.74, 6) is -2.46. The molecule has 0 aromatic heterocycles. The smallest absolute Gasteiger partial charge is 0.220 e. The molecule has 2 fully saturated rings. The predicted octanol–water partition coefficient (Wildman–Crippen LogP) is -0.780. The minimum absolute atomic E-state index is 0.305. The van der Waals surface area contributed by atoms with Crippen LogP contribution in [0.25, 0.3) is 0 Å². The standard InChI is InChI=1S/C13H24O8/c1-12(17-4)13(2,18-5)21-10-8(15)11(16-3)19-7(6-14)9(10)20-12/h7-11,14-15H,6H2,1-5H3/t7-,8+,9-,10-,11+,12+,13-/m1/s1. The molecule has 2 N–H and O–H groups in total. The second-order valence-electron chi connectivity index (χ2n) is 5.42. The quantitative estimate of drug-likeness (QED) is 0.698. The van der Waals surface area contributed by atoms with Gasteiger partial charge in [-0.2, -0.15) is 0 Å². The van der Waals surface area contributed by atoms with E-state index in [4.69, 9.17) is 28.4 Å². The van der Waals surface area contributed by atoms with E-state index < -0.39 is 42.3 Å². The molecule has 2 heterocycles. The van der Waals surface area contributed by atoms with Crippen molar-refractivity contribution < 1.29 is 38.6 Å². The number of fused-ring (bicyclic) bond motifs is 1. The zero-order chi connectivity index (χ0) is 15.8. The Bertz CT molecular complexity index is 366. The molecule has 0 saturated carbocycles. The summed E-state index contributed by atoms with van der Waals surface area (Å²) in [5, 5.41) is 19.8. The van der Waals surface area contributed by atoms with Crippen molar-refractivity contribution in [1.29, 1.82) is 0 Å². The fraction of sp³-hybridized carbons (Fsp3) is 1.00. The Morgan fingerprint density at radius 3 is 1.95 bits per heavy atom. The van der Waals surface area contributed by atoms with Crippen LogP contribution in [0.5, 0.6) is 0 Å². The Morgan fingerprint density at radius 2 is 1.52 bits per heavy atom. The third kappa shape index (κ3) is 2.60. The first-order valence-electron chi connectivity index (χ1n) is 6.79. The van der Waals surface area contributed by atoms with E-state index in [0.29, 0.717) is 0 Å². The molecule has 0 aliphatic carbocycles. The van der Waals surface area contributed by atoms with Crippen molar-refractivity contribution in [3.63, 3.8) is 0 Å². The summed E-state index contributed by atoms with van der Waals surface area (Å²) in [6, 6.07) is 0. The van der Waals surface area contributed by atoms with Gasteiger partial charge in [-0.15, -0.1) is 0 Å². The van der Waals surface area contributed by atoms with Gasteiger partial charge < -0.3 is 38.6 Å². The van der Waals surface area contributed by atoms with E-state index in [-0.39, 0.29) is 6.61 Å². The highest BCUT2D eigenvalue weighted by Crippen LogP contribution is 2.43. The molecule has 21 heavy (non-hydrogen) atoms. The molecule has 0 spiro atoms. The number of hydrogen-bond donors (Lipinski definition) is 2. The summed E-state index contributed by atoms with van der Waals surface area (Å²) in [4.78, 5) is 0. The molecule has 2 rings (SSSR count). The maximum absolute atomic E-state index is 10.3. The number of aliphatic hydroxyl groups excluding tert-OH is 2. The van der Waals surface area contributed by atoms with Crippen molar-refractivity contribution in [2.45, 2.75) is 56.1 Å². The van der Waals surface area contributed by atoms with Crippen molar-refractivity contribution in [2.75, 3.05) is 27.9 Å². The number of aliphatic hydroxyl groups is 2. The normalized spacial score (nSPS) is 50.7. The minimum Gasteiger partial charge on any atom is -0.394 e. The van der Waals surface area contributed by atoms with Gasteiger partial charge in [-0.1, -0.05) is 0 Å². The van der Waals surface area contributed by atoms with Crippen LogP contribution in [-0.2, 0) is 28.4 Å². The number of hydrogen-bond acceptors (Lipinski definition) is 8. The molecule has 8 nitrogen and oxygen atoms in total. The maximum atomic E-state index is 10.3. The molecule has 0 unspecified atom stereocenters. The molecule has 2 aliphatic rings. The number of methoxy groups -OCH3 is 3. The van der Waals surface area contributed by atoms with Gasteiger partial charge in [0.25, 0.3) is 0 Å². The average molecular weight is 308 g/mol. The Hall–Kier alpha value is -0.320. The largest absolute Gasteiger partial charge is 0.394 e. The summed E-state index contributed by atoms with van der Waals surface area (Å²) in [6.45, 7) is 3.02. The second kappa shape index (κ2) is 6.05. The highest BCUT2D eigenvalue weighted by atomic mass is 16.8. The summed E-state index contributed by atoms with van der Waals surface area (Å²) < 4.78 is 33.2. The summed E-state index contributed by atoms with van der Waals surface area (Å²) >= 11 is 0. The van der Waals surface area contributed by atoms with E-state index >= 15 is 0 Å². The average Bonchev–Trinajstić information content (AvgIpc) is 2.50. The SMILES string of the molecule is CO[C@H]1O[C@H](CO)[C@H]2O[C@](C)(OC)[C@](C)(OC)O[C@@H]2[C@@H]1O. The van der Waals surface area contributed by atoms with Crippen LogP contribution in [0.3, 0.4) is 0 Å². The van der Waals surface area contributed by atoms with Crippen LogP contribution in [0, 0.1) is 0 Å². The van der Waals surface area contributed by atoms with E-state index in [1.54, 1.807) is 13.8 Å². The predicted molar refractivity (Wildman–Crippen MR) is 69.3 cm³/mol. The lowest BCUT2D eigenvalue weighted by molar-refractivity contribution is -0.479. The molecule has 8 heteroatoms. The topological polar surface area (TPSA) is 95.8 Å². The Kier molecular flexibility index (Phi) is 4.91. The minimum atomic E-state index is -1.24. The van der Waals surface area contributed by atoms with Gasteiger partial charge in [0.1, 0.15) is 24.4 Å². The highest BCUT2D eigenvalue weighted by Gasteiger charge is 2.62. The second-order valence-corrected chi connectivity index (χ2v) is 5.42. The molecular formula is C13H24O8. The molecule has 0 aromatic carbocycles. The zero-order valence-corrected chi connectivity index (χ0v) is 12.9. The van der Waals surface area contributed by atoms with E-state index in [1.807, 2.05) is 0 Å². The highest BCUT2D eigenvalue weighted by molar-refractivity contribution is 4.99. The van der Waals surface area contributed by atoms with Gasteiger partial charge in [0.15, 0.2) is 6.29 Å². The fourth-order valence-corrected chi connectivity index (χ4v) is 2.71. The van der Waals surface area contributed by atoms with Crippen molar-refractivity contribution in [3.8, 4) is 0 Å². The first kappa shape index (κ1) is 17.0. The lowest BCUT2D eigenvalue weighted by atomic mass is 9.94. The third-order valence-corrected chi connectivity index (χ3v) is 4.35. The van der Waals surface area contributed by atoms with Crippen LogP contribution >= 0.6 is 0 Å². The Balaban J connectivity index is 2.33. The van der Waals surface area contributed by atoms with E-state index in [0.717, 1.165) is 0 Å². The number of rotatable bonds is 4. The molecule has 2 saturated heterocycles. The van der Waals surface area contributed by atoms with Crippen LogP contribution in [0.1, 0.15) is 13.8 Å². The fourth-order valence-electron chi connectivity index (χ4n) is 2.71. The summed E-state index contributed by atoms with van der Waals surface area (Å²) in [6.07, 6.45) is -4.21. The lowest BCUT2D eigenvalue weighted by Crippen LogP contribution is -2.73. The molecule has 0 amide bonds. The molecule has 7 atom stereocenters. The Labute approximate surface area is 123 Å². The van der Waals surface area contributed by atoms with Crippen LogP contribution < -0.4 is 0 Å². The first-order chi connectivity index (χ1) is 9.85. The van der Waals surface area contributed by atoms with E-state index in [1.165, 1.54) is 21.3 Å². The Morgan fingerprint density at radius 1 is 1.00 bits per heavy atom. The van der Waals surface area contributed by atoms with Crippen LogP contribution in [0.2, 0.25) is 0 Å². The van der Waals surface area contributed by atoms with Gasteiger partial charge in [0.05, 0.1) is 6.61 Å². The van der Waals surface area contributed by atoms with Crippen molar-refractivity contribution >= 4 is 0 Å². The molecule has 124 valence electrons. The molecular weight excluding hydrogens is 284 g/mol. The van der Waals surface area contributed by atoms with Gasteiger partial charge in [-0.3, -0.25) is 0 Å². The third-order valence-electron chi connectivity index (χ3n) is 4.35. The van der Waals surface area contributed by atoms with Crippen molar-refractivity contribution in [1.82, 2.24) is 0 Å². The van der Waals surface area contributed by atoms with Crippen molar-refractivity contribution in [3.05, 3.63) is 0 Å². The van der Waals surface area contributed by atoms with Crippen molar-refractivity contribution in [2.24, 2.45) is 0 Å². The van der Waals surface area contributed by atoms with Gasteiger partial charge in [0, 0.05) is 21.3 Å². The zero-order valence-electron chi connectivity index (χ0n) is 12.9.